The first kappa shape index (κ1) is 16.7. The van der Waals surface area contributed by atoms with E-state index in [9.17, 15) is 13.2 Å². The Morgan fingerprint density at radius 1 is 1.45 bits per heavy atom. The number of aliphatic imine (C=N–C) groups is 1. The van der Waals surface area contributed by atoms with Gasteiger partial charge in [-0.15, -0.1) is 0 Å². The lowest BCUT2D eigenvalue weighted by Gasteiger charge is -2.18. The van der Waals surface area contributed by atoms with Crippen molar-refractivity contribution in [2.45, 2.75) is 19.1 Å². The minimum atomic E-state index is -4.12. The quantitative estimate of drug-likeness (QED) is 0.642. The fourth-order valence-corrected chi connectivity index (χ4v) is 2.52. The molecule has 0 spiro atoms. The van der Waals surface area contributed by atoms with Crippen LogP contribution in [0.25, 0.3) is 0 Å². The fourth-order valence-electron chi connectivity index (χ4n) is 2.52. The molecule has 1 aromatic heterocycles. The summed E-state index contributed by atoms with van der Waals surface area (Å²) in [5.74, 6) is 1.61. The van der Waals surface area contributed by atoms with Gasteiger partial charge in [-0.2, -0.15) is 13.2 Å². The number of hydrogen-bond acceptors (Lipinski definition) is 3. The van der Waals surface area contributed by atoms with E-state index >= 15 is 0 Å². The SMILES string of the molecule is CN=C(NCc1ccco1)NCC1CCN(CC(F)(F)F)C1. The van der Waals surface area contributed by atoms with Crippen LogP contribution in [0.4, 0.5) is 13.2 Å². The normalized spacial score (nSPS) is 20.4. The van der Waals surface area contributed by atoms with Crippen molar-refractivity contribution in [1.29, 1.82) is 0 Å². The zero-order chi connectivity index (χ0) is 16.0. The molecule has 0 aliphatic carbocycles. The molecule has 1 aliphatic rings. The van der Waals surface area contributed by atoms with Gasteiger partial charge in [0.15, 0.2) is 5.96 Å². The molecule has 1 fully saturated rings. The summed E-state index contributed by atoms with van der Waals surface area (Å²) in [4.78, 5) is 5.54. The number of halogens is 3. The number of furan rings is 1. The molecule has 1 aliphatic heterocycles. The van der Waals surface area contributed by atoms with Gasteiger partial charge in [-0.3, -0.25) is 9.89 Å². The molecule has 124 valence electrons. The molecular weight excluding hydrogens is 297 g/mol. The zero-order valence-corrected chi connectivity index (χ0v) is 12.5. The molecule has 2 N–H and O–H groups in total. The Hall–Kier alpha value is -1.70. The van der Waals surface area contributed by atoms with Crippen molar-refractivity contribution < 1.29 is 17.6 Å². The lowest BCUT2D eigenvalue weighted by molar-refractivity contribution is -0.143. The average molecular weight is 318 g/mol. The maximum atomic E-state index is 12.3. The van der Waals surface area contributed by atoms with E-state index in [0.717, 1.165) is 12.2 Å². The Morgan fingerprint density at radius 3 is 2.91 bits per heavy atom. The molecule has 5 nitrogen and oxygen atoms in total. The Labute approximate surface area is 127 Å². The highest BCUT2D eigenvalue weighted by molar-refractivity contribution is 5.79. The first-order valence-electron chi connectivity index (χ1n) is 7.22. The molecule has 1 aromatic rings. The number of alkyl halides is 3. The molecule has 8 heteroatoms. The largest absolute Gasteiger partial charge is 0.467 e. The standard InChI is InChI=1S/C14H21F3N4O/c1-18-13(20-8-12-3-2-6-22-12)19-7-11-4-5-21(9-11)10-14(15,16)17/h2-3,6,11H,4-5,7-10H2,1H3,(H2,18,19,20). The van der Waals surface area contributed by atoms with Crippen LogP contribution in [0.3, 0.4) is 0 Å². The van der Waals surface area contributed by atoms with Gasteiger partial charge in [0.05, 0.1) is 19.4 Å². The van der Waals surface area contributed by atoms with Gasteiger partial charge in [0.1, 0.15) is 5.76 Å². The molecule has 1 unspecified atom stereocenters. The van der Waals surface area contributed by atoms with E-state index in [1.807, 2.05) is 6.07 Å². The van der Waals surface area contributed by atoms with Crippen molar-refractivity contribution in [3.05, 3.63) is 24.2 Å². The van der Waals surface area contributed by atoms with Gasteiger partial charge in [-0.1, -0.05) is 0 Å². The molecule has 1 saturated heterocycles. The predicted octanol–water partition coefficient (Wildman–Crippen LogP) is 1.83. The number of nitrogens with one attached hydrogen (secondary N) is 2. The van der Waals surface area contributed by atoms with E-state index in [1.54, 1.807) is 19.4 Å². The Balaban J connectivity index is 1.68. The Bertz CT molecular complexity index is 473. The highest BCUT2D eigenvalue weighted by atomic mass is 19.4. The van der Waals surface area contributed by atoms with Gasteiger partial charge in [0, 0.05) is 20.1 Å². The molecule has 2 rings (SSSR count). The third-order valence-electron chi connectivity index (χ3n) is 3.56. The molecule has 0 saturated carbocycles. The van der Waals surface area contributed by atoms with Crippen molar-refractivity contribution in [3.63, 3.8) is 0 Å². The topological polar surface area (TPSA) is 52.8 Å². The average Bonchev–Trinajstić information content (AvgIpc) is 3.09. The second-order valence-corrected chi connectivity index (χ2v) is 5.39. The highest BCUT2D eigenvalue weighted by Gasteiger charge is 2.34. The molecule has 1 atom stereocenters. The van der Waals surface area contributed by atoms with E-state index in [4.69, 9.17) is 4.42 Å². The lowest BCUT2D eigenvalue weighted by Crippen LogP contribution is -2.40. The summed E-state index contributed by atoms with van der Waals surface area (Å²) in [5, 5.41) is 6.24. The Kier molecular flexibility index (Phi) is 5.70. The molecule has 0 radical (unpaired) electrons. The predicted molar refractivity (Wildman–Crippen MR) is 77.5 cm³/mol. The molecule has 2 heterocycles. The number of nitrogens with zero attached hydrogens (tertiary/aromatic N) is 2. The van der Waals surface area contributed by atoms with Crippen LogP contribution in [0.15, 0.2) is 27.8 Å². The molecular formula is C14H21F3N4O. The van der Waals surface area contributed by atoms with E-state index in [-0.39, 0.29) is 5.92 Å². The minimum absolute atomic E-state index is 0.199. The van der Waals surface area contributed by atoms with E-state index in [1.165, 1.54) is 4.90 Å². The van der Waals surface area contributed by atoms with Crippen LogP contribution in [-0.4, -0.2) is 50.3 Å². The van der Waals surface area contributed by atoms with Crippen molar-refractivity contribution in [1.82, 2.24) is 15.5 Å². The van der Waals surface area contributed by atoms with Gasteiger partial charge < -0.3 is 15.1 Å². The van der Waals surface area contributed by atoms with Crippen LogP contribution in [0.2, 0.25) is 0 Å². The van der Waals surface area contributed by atoms with Crippen LogP contribution >= 0.6 is 0 Å². The molecule has 22 heavy (non-hydrogen) atoms. The maximum absolute atomic E-state index is 12.3. The van der Waals surface area contributed by atoms with Gasteiger partial charge in [-0.05, 0) is 31.0 Å². The van der Waals surface area contributed by atoms with Crippen molar-refractivity contribution in [2.24, 2.45) is 10.9 Å². The van der Waals surface area contributed by atoms with Gasteiger partial charge in [0.25, 0.3) is 0 Å². The Morgan fingerprint density at radius 2 is 2.27 bits per heavy atom. The van der Waals surface area contributed by atoms with Crippen molar-refractivity contribution in [3.8, 4) is 0 Å². The van der Waals surface area contributed by atoms with Crippen LogP contribution in [0.5, 0.6) is 0 Å². The van der Waals surface area contributed by atoms with Gasteiger partial charge in [0.2, 0.25) is 0 Å². The molecule has 0 aromatic carbocycles. The molecule has 0 bridgehead atoms. The van der Waals surface area contributed by atoms with E-state index < -0.39 is 12.7 Å². The van der Waals surface area contributed by atoms with Crippen LogP contribution in [0, 0.1) is 5.92 Å². The summed E-state index contributed by atoms with van der Waals surface area (Å²) in [6, 6.07) is 3.66. The van der Waals surface area contributed by atoms with Crippen LogP contribution in [0.1, 0.15) is 12.2 Å². The summed E-state index contributed by atoms with van der Waals surface area (Å²) >= 11 is 0. The smallest absolute Gasteiger partial charge is 0.401 e. The van der Waals surface area contributed by atoms with E-state index in [0.29, 0.717) is 32.1 Å². The number of rotatable bonds is 5. The second kappa shape index (κ2) is 7.53. The lowest BCUT2D eigenvalue weighted by atomic mass is 10.1. The summed E-state index contributed by atoms with van der Waals surface area (Å²) in [6.07, 6.45) is -1.76. The maximum Gasteiger partial charge on any atom is 0.401 e. The molecule has 0 amide bonds. The third kappa shape index (κ3) is 5.59. The highest BCUT2D eigenvalue weighted by Crippen LogP contribution is 2.22. The first-order valence-corrected chi connectivity index (χ1v) is 7.22. The van der Waals surface area contributed by atoms with Gasteiger partial charge >= 0.3 is 6.18 Å². The zero-order valence-electron chi connectivity index (χ0n) is 12.5. The number of likely N-dealkylation sites (tertiary alicyclic amines) is 1. The minimum Gasteiger partial charge on any atom is -0.467 e. The number of hydrogen-bond donors (Lipinski definition) is 2. The van der Waals surface area contributed by atoms with E-state index in [2.05, 4.69) is 15.6 Å². The summed E-state index contributed by atoms with van der Waals surface area (Å²) in [7, 11) is 1.65. The monoisotopic (exact) mass is 318 g/mol. The summed E-state index contributed by atoms with van der Waals surface area (Å²) < 4.78 is 42.2. The third-order valence-corrected chi connectivity index (χ3v) is 3.56. The van der Waals surface area contributed by atoms with Crippen molar-refractivity contribution in [2.75, 3.05) is 33.2 Å². The van der Waals surface area contributed by atoms with Crippen molar-refractivity contribution >= 4 is 5.96 Å². The summed E-state index contributed by atoms with van der Waals surface area (Å²) in [5.41, 5.74) is 0. The van der Waals surface area contributed by atoms with Crippen LogP contribution in [-0.2, 0) is 6.54 Å². The van der Waals surface area contributed by atoms with Gasteiger partial charge in [-0.25, -0.2) is 0 Å². The van der Waals surface area contributed by atoms with Crippen LogP contribution < -0.4 is 10.6 Å². The summed E-state index contributed by atoms with van der Waals surface area (Å²) in [6.45, 7) is 1.24. The fraction of sp³-hybridized carbons (Fsp3) is 0.643. The first-order chi connectivity index (χ1) is 10.5. The second-order valence-electron chi connectivity index (χ2n) is 5.39. The number of guanidine groups is 1.